The van der Waals surface area contributed by atoms with E-state index in [1.807, 2.05) is 27.7 Å². The molecule has 0 radical (unpaired) electrons. The molecule has 1 aliphatic rings. The molecule has 0 saturated heterocycles. The molecular formula is C31H32. The smallest absolute Gasteiger partial charge is 0.0165 e. The van der Waals surface area contributed by atoms with Crippen LogP contribution in [-0.4, -0.2) is 0 Å². The Balaban J connectivity index is 0.000000549. The van der Waals surface area contributed by atoms with Crippen LogP contribution in [-0.2, 0) is 5.41 Å². The van der Waals surface area contributed by atoms with Crippen LogP contribution in [0.25, 0.3) is 43.4 Å². The van der Waals surface area contributed by atoms with Crippen molar-refractivity contribution >= 4 is 32.3 Å². The molecule has 5 aromatic rings. The topological polar surface area (TPSA) is 0 Å². The molecule has 0 N–H and O–H groups in total. The third-order valence-corrected chi connectivity index (χ3v) is 6.38. The lowest BCUT2D eigenvalue weighted by Crippen LogP contribution is -2.24. The third kappa shape index (κ3) is 3.13. The first-order chi connectivity index (χ1) is 15.1. The summed E-state index contributed by atoms with van der Waals surface area (Å²) >= 11 is 0. The van der Waals surface area contributed by atoms with Gasteiger partial charge in [-0.25, -0.2) is 0 Å². The minimum absolute atomic E-state index is 0.0365. The fourth-order valence-electron chi connectivity index (χ4n) is 5.13. The van der Waals surface area contributed by atoms with Crippen LogP contribution in [0.2, 0.25) is 0 Å². The van der Waals surface area contributed by atoms with E-state index in [2.05, 4.69) is 98.8 Å². The molecule has 0 bridgehead atoms. The second kappa shape index (κ2) is 8.19. The lowest BCUT2D eigenvalue weighted by molar-refractivity contribution is 0.651. The normalized spacial score (nSPS) is 13.1. The molecule has 0 aromatic heterocycles. The number of benzene rings is 5. The number of rotatable bonds is 0. The lowest BCUT2D eigenvalue weighted by Gasteiger charge is -2.36. The molecular weight excluding hydrogens is 372 g/mol. The van der Waals surface area contributed by atoms with Crippen LogP contribution in [0.15, 0.2) is 84.9 Å². The van der Waals surface area contributed by atoms with E-state index in [4.69, 9.17) is 0 Å². The average molecular weight is 405 g/mol. The maximum Gasteiger partial charge on any atom is 0.0165 e. The quantitative estimate of drug-likeness (QED) is 0.225. The summed E-state index contributed by atoms with van der Waals surface area (Å²) < 4.78 is 0. The predicted octanol–water partition coefficient (Wildman–Crippen LogP) is 9.50. The van der Waals surface area contributed by atoms with Crippen LogP contribution >= 0.6 is 0 Å². The van der Waals surface area contributed by atoms with Crippen LogP contribution in [0.5, 0.6) is 0 Å². The Morgan fingerprint density at radius 2 is 1.13 bits per heavy atom. The molecule has 0 amide bonds. The van der Waals surface area contributed by atoms with Crippen molar-refractivity contribution < 1.29 is 0 Å². The molecule has 0 nitrogen and oxygen atoms in total. The Bertz CT molecular complexity index is 1380. The Morgan fingerprint density at radius 3 is 1.84 bits per heavy atom. The van der Waals surface area contributed by atoms with Crippen molar-refractivity contribution in [3.8, 4) is 11.1 Å². The van der Waals surface area contributed by atoms with Crippen molar-refractivity contribution in [1.82, 2.24) is 0 Å². The highest BCUT2D eigenvalue weighted by molar-refractivity contribution is 6.09. The van der Waals surface area contributed by atoms with E-state index in [9.17, 15) is 0 Å². The van der Waals surface area contributed by atoms with Gasteiger partial charge in [-0.05, 0) is 66.7 Å². The Hall–Kier alpha value is -3.12. The van der Waals surface area contributed by atoms with Crippen LogP contribution in [0.4, 0.5) is 0 Å². The fourth-order valence-corrected chi connectivity index (χ4v) is 5.13. The zero-order chi connectivity index (χ0) is 22.2. The molecule has 1 aliphatic carbocycles. The number of fused-ring (bicyclic) bond motifs is 5. The fraction of sp³-hybridized carbons (Fsp3) is 0.226. The number of hydrogen-bond donors (Lipinski definition) is 0. The van der Waals surface area contributed by atoms with Crippen molar-refractivity contribution in [2.75, 3.05) is 0 Å². The molecule has 5 aromatic carbocycles. The van der Waals surface area contributed by atoms with Gasteiger partial charge in [-0.15, -0.1) is 0 Å². The highest BCUT2D eigenvalue weighted by Gasteiger charge is 2.34. The molecule has 0 aliphatic heterocycles. The Kier molecular flexibility index (Phi) is 5.58. The van der Waals surface area contributed by atoms with Crippen molar-refractivity contribution in [1.29, 1.82) is 0 Å². The number of hydrogen-bond acceptors (Lipinski definition) is 0. The monoisotopic (exact) mass is 404 g/mol. The summed E-state index contributed by atoms with van der Waals surface area (Å²) in [7, 11) is 0. The third-order valence-electron chi connectivity index (χ3n) is 6.38. The summed E-state index contributed by atoms with van der Waals surface area (Å²) in [6.07, 6.45) is 0. The van der Waals surface area contributed by atoms with Gasteiger partial charge in [-0.3, -0.25) is 0 Å². The van der Waals surface area contributed by atoms with E-state index in [-0.39, 0.29) is 5.41 Å². The lowest BCUT2D eigenvalue weighted by atomic mass is 9.67. The van der Waals surface area contributed by atoms with E-state index in [0.717, 1.165) is 0 Å². The predicted molar refractivity (Wildman–Crippen MR) is 139 cm³/mol. The first-order valence-electron chi connectivity index (χ1n) is 11.6. The molecule has 156 valence electrons. The second-order valence-corrected chi connectivity index (χ2v) is 8.24. The van der Waals surface area contributed by atoms with E-state index in [1.54, 1.807) is 0 Å². The van der Waals surface area contributed by atoms with Crippen LogP contribution < -0.4 is 0 Å². The van der Waals surface area contributed by atoms with Gasteiger partial charge in [0, 0.05) is 5.41 Å². The summed E-state index contributed by atoms with van der Waals surface area (Å²) in [6.45, 7) is 12.8. The molecule has 31 heavy (non-hydrogen) atoms. The minimum atomic E-state index is -0.0365. The van der Waals surface area contributed by atoms with Crippen LogP contribution in [0, 0.1) is 0 Å². The van der Waals surface area contributed by atoms with Gasteiger partial charge in [-0.1, -0.05) is 114 Å². The van der Waals surface area contributed by atoms with Gasteiger partial charge in [0.05, 0.1) is 0 Å². The summed E-state index contributed by atoms with van der Waals surface area (Å²) in [5, 5.41) is 8.07. The highest BCUT2D eigenvalue weighted by atomic mass is 14.4. The summed E-state index contributed by atoms with van der Waals surface area (Å²) in [5.41, 5.74) is 5.60. The molecule has 0 heterocycles. The average Bonchev–Trinajstić information content (AvgIpc) is 2.83. The van der Waals surface area contributed by atoms with Gasteiger partial charge in [0.2, 0.25) is 0 Å². The van der Waals surface area contributed by atoms with Crippen molar-refractivity contribution in [2.45, 2.75) is 47.0 Å². The Labute approximate surface area is 186 Å². The van der Waals surface area contributed by atoms with Gasteiger partial charge < -0.3 is 0 Å². The molecule has 0 saturated carbocycles. The highest BCUT2D eigenvalue weighted by Crippen LogP contribution is 2.51. The Morgan fingerprint density at radius 1 is 0.516 bits per heavy atom. The molecule has 0 unspecified atom stereocenters. The summed E-state index contributed by atoms with van der Waals surface area (Å²) in [6, 6.07) is 31.5. The van der Waals surface area contributed by atoms with Crippen molar-refractivity contribution in [3.05, 3.63) is 96.1 Å². The van der Waals surface area contributed by atoms with Crippen molar-refractivity contribution in [3.63, 3.8) is 0 Å². The zero-order valence-corrected chi connectivity index (χ0v) is 19.6. The summed E-state index contributed by atoms with van der Waals surface area (Å²) in [4.78, 5) is 0. The van der Waals surface area contributed by atoms with Crippen LogP contribution in [0.3, 0.4) is 0 Å². The standard InChI is InChI=1S/C27H20.2C2H6/c1-27(2)24-12-6-10-17-9-5-11-21(25(17)24)22-14-13-20-15-18-7-3-4-8-19(18)16-23(20)26(22)27;2*1-2/h3-16H,1-2H3;2*1-2H3. The largest absolute Gasteiger partial charge is 0.0683 e. The molecule has 6 rings (SSSR count). The maximum absolute atomic E-state index is 2.39. The second-order valence-electron chi connectivity index (χ2n) is 8.24. The van der Waals surface area contributed by atoms with E-state index in [0.29, 0.717) is 0 Å². The molecule has 0 heteroatoms. The van der Waals surface area contributed by atoms with E-state index < -0.39 is 0 Å². The van der Waals surface area contributed by atoms with Gasteiger partial charge in [-0.2, -0.15) is 0 Å². The van der Waals surface area contributed by atoms with Crippen LogP contribution in [0.1, 0.15) is 52.7 Å². The SMILES string of the molecule is CC.CC.CC1(C)c2c(ccc3cc4ccccc4cc23)-c2cccc3cccc1c23. The molecule has 0 fully saturated rings. The van der Waals surface area contributed by atoms with Crippen molar-refractivity contribution in [2.24, 2.45) is 0 Å². The minimum Gasteiger partial charge on any atom is -0.0683 e. The zero-order valence-electron chi connectivity index (χ0n) is 19.6. The summed E-state index contributed by atoms with van der Waals surface area (Å²) in [5.74, 6) is 0. The molecule has 0 atom stereocenters. The van der Waals surface area contributed by atoms with E-state index in [1.165, 1.54) is 54.6 Å². The van der Waals surface area contributed by atoms with Gasteiger partial charge >= 0.3 is 0 Å². The van der Waals surface area contributed by atoms with Gasteiger partial charge in [0.25, 0.3) is 0 Å². The van der Waals surface area contributed by atoms with E-state index >= 15 is 0 Å². The van der Waals surface area contributed by atoms with Gasteiger partial charge in [0.15, 0.2) is 0 Å². The van der Waals surface area contributed by atoms with Gasteiger partial charge in [0.1, 0.15) is 0 Å². The first kappa shape index (κ1) is 21.1. The maximum atomic E-state index is 2.39. The first-order valence-corrected chi connectivity index (χ1v) is 11.6. The molecule has 0 spiro atoms.